The fraction of sp³-hybridized carbons (Fsp3) is 0.438. The lowest BCUT2D eigenvalue weighted by Crippen LogP contribution is -2.40. The van der Waals surface area contributed by atoms with Crippen molar-refractivity contribution in [1.82, 2.24) is 10.6 Å². The van der Waals surface area contributed by atoms with Crippen molar-refractivity contribution >= 4 is 11.7 Å². The first-order chi connectivity index (χ1) is 10.5. The predicted octanol–water partition coefficient (Wildman–Crippen LogP) is 1.63. The normalized spacial score (nSPS) is 20.0. The molecule has 5 nitrogen and oxygen atoms in total. The maximum Gasteiger partial charge on any atom is 0.315 e. The van der Waals surface area contributed by atoms with E-state index in [1.807, 2.05) is 12.2 Å². The molecule has 1 aromatic carbocycles. The number of rotatable bonds is 5. The highest BCUT2D eigenvalue weighted by atomic mass is 19.1. The minimum atomic E-state index is -0.311. The molecule has 6 heteroatoms. The molecule has 1 aliphatic rings. The molecule has 0 aliphatic heterocycles. The molecule has 0 fully saturated rings. The molecule has 0 radical (unpaired) electrons. The Morgan fingerprint density at radius 3 is 2.77 bits per heavy atom. The standard InChI is InChI=1S/C16H22FN3O2/c1-20(2)15-6-4-11(8-14(15)17)9-18-16(22)19-13-5-3-12(7-13)10-21/h3-6,8,12-13,21H,7,9-10H2,1-2H3,(H2,18,19,22)/t12-,13+/m0/s1. The molecule has 0 spiro atoms. The van der Waals surface area contributed by atoms with E-state index in [2.05, 4.69) is 10.6 Å². The molecule has 1 aliphatic carbocycles. The fourth-order valence-electron chi connectivity index (χ4n) is 2.44. The van der Waals surface area contributed by atoms with Gasteiger partial charge in [-0.25, -0.2) is 9.18 Å². The van der Waals surface area contributed by atoms with E-state index in [1.165, 1.54) is 6.07 Å². The fourth-order valence-corrected chi connectivity index (χ4v) is 2.44. The number of aliphatic hydroxyl groups is 1. The van der Waals surface area contributed by atoms with Gasteiger partial charge in [0.2, 0.25) is 0 Å². The highest BCUT2D eigenvalue weighted by Gasteiger charge is 2.19. The van der Waals surface area contributed by atoms with Gasteiger partial charge in [-0.2, -0.15) is 0 Å². The quantitative estimate of drug-likeness (QED) is 0.725. The first kappa shape index (κ1) is 16.3. The number of carbonyl (C=O) groups is 1. The lowest BCUT2D eigenvalue weighted by atomic mass is 10.1. The minimum Gasteiger partial charge on any atom is -0.396 e. The van der Waals surface area contributed by atoms with E-state index in [1.54, 1.807) is 31.1 Å². The van der Waals surface area contributed by atoms with Crippen LogP contribution >= 0.6 is 0 Å². The number of anilines is 1. The smallest absolute Gasteiger partial charge is 0.315 e. The average molecular weight is 307 g/mol. The monoisotopic (exact) mass is 307 g/mol. The van der Waals surface area contributed by atoms with Crippen LogP contribution in [0.4, 0.5) is 14.9 Å². The summed E-state index contributed by atoms with van der Waals surface area (Å²) in [5.41, 5.74) is 1.22. The van der Waals surface area contributed by atoms with Crippen LogP contribution in [0.2, 0.25) is 0 Å². The molecule has 2 atom stereocenters. The van der Waals surface area contributed by atoms with Crippen molar-refractivity contribution in [2.24, 2.45) is 5.92 Å². The molecular weight excluding hydrogens is 285 g/mol. The third-order valence-electron chi connectivity index (χ3n) is 3.67. The third kappa shape index (κ3) is 4.21. The molecule has 3 N–H and O–H groups in total. The summed E-state index contributed by atoms with van der Waals surface area (Å²) in [7, 11) is 3.55. The van der Waals surface area contributed by atoms with Gasteiger partial charge in [-0.1, -0.05) is 18.2 Å². The van der Waals surface area contributed by atoms with Crippen LogP contribution < -0.4 is 15.5 Å². The van der Waals surface area contributed by atoms with Gasteiger partial charge in [-0.3, -0.25) is 0 Å². The summed E-state index contributed by atoms with van der Waals surface area (Å²) in [4.78, 5) is 13.5. The first-order valence-corrected chi connectivity index (χ1v) is 7.29. The number of nitrogens with one attached hydrogen (secondary N) is 2. The number of aliphatic hydroxyl groups excluding tert-OH is 1. The van der Waals surface area contributed by atoms with Gasteiger partial charge >= 0.3 is 6.03 Å². The predicted molar refractivity (Wildman–Crippen MR) is 84.2 cm³/mol. The zero-order chi connectivity index (χ0) is 16.1. The Morgan fingerprint density at radius 2 is 2.18 bits per heavy atom. The van der Waals surface area contributed by atoms with Crippen LogP contribution in [0.1, 0.15) is 12.0 Å². The zero-order valence-electron chi connectivity index (χ0n) is 12.8. The third-order valence-corrected chi connectivity index (χ3v) is 3.67. The summed E-state index contributed by atoms with van der Waals surface area (Å²) in [6.07, 6.45) is 4.49. The second-order valence-corrected chi connectivity index (χ2v) is 5.68. The second kappa shape index (κ2) is 7.26. The van der Waals surface area contributed by atoms with Crippen LogP contribution in [0, 0.1) is 11.7 Å². The Balaban J connectivity index is 1.82. The van der Waals surface area contributed by atoms with Crippen molar-refractivity contribution < 1.29 is 14.3 Å². The van der Waals surface area contributed by atoms with E-state index in [0.717, 1.165) is 0 Å². The zero-order valence-corrected chi connectivity index (χ0v) is 12.8. The van der Waals surface area contributed by atoms with Gasteiger partial charge in [0.1, 0.15) is 5.82 Å². The largest absolute Gasteiger partial charge is 0.396 e. The number of hydrogen-bond acceptors (Lipinski definition) is 3. The van der Waals surface area contributed by atoms with Gasteiger partial charge in [0.05, 0.1) is 5.69 Å². The molecule has 2 amide bonds. The van der Waals surface area contributed by atoms with Crippen molar-refractivity contribution in [2.75, 3.05) is 25.6 Å². The summed E-state index contributed by atoms with van der Waals surface area (Å²) < 4.78 is 13.8. The van der Waals surface area contributed by atoms with Gasteiger partial charge in [0, 0.05) is 39.2 Å². The Labute approximate surface area is 129 Å². The van der Waals surface area contributed by atoms with Gasteiger partial charge in [0.25, 0.3) is 0 Å². The van der Waals surface area contributed by atoms with Crippen molar-refractivity contribution in [3.8, 4) is 0 Å². The highest BCUT2D eigenvalue weighted by molar-refractivity contribution is 5.74. The summed E-state index contributed by atoms with van der Waals surface area (Å²) in [6, 6.07) is 4.54. The van der Waals surface area contributed by atoms with Gasteiger partial charge in [0.15, 0.2) is 0 Å². The molecule has 0 heterocycles. The van der Waals surface area contributed by atoms with Crippen molar-refractivity contribution in [3.05, 3.63) is 41.7 Å². The number of benzene rings is 1. The lowest BCUT2D eigenvalue weighted by Gasteiger charge is -2.15. The molecule has 22 heavy (non-hydrogen) atoms. The highest BCUT2D eigenvalue weighted by Crippen LogP contribution is 2.18. The minimum absolute atomic E-state index is 0.0648. The Bertz CT molecular complexity index is 560. The van der Waals surface area contributed by atoms with E-state index in [4.69, 9.17) is 5.11 Å². The second-order valence-electron chi connectivity index (χ2n) is 5.68. The van der Waals surface area contributed by atoms with E-state index >= 15 is 0 Å². The number of carbonyl (C=O) groups excluding carboxylic acids is 1. The van der Waals surface area contributed by atoms with Crippen LogP contribution in [0.25, 0.3) is 0 Å². The topological polar surface area (TPSA) is 64.6 Å². The van der Waals surface area contributed by atoms with E-state index in [-0.39, 0.29) is 37.0 Å². The number of urea groups is 1. The number of nitrogens with zero attached hydrogens (tertiary/aromatic N) is 1. The van der Waals surface area contributed by atoms with Crippen molar-refractivity contribution in [2.45, 2.75) is 19.0 Å². The maximum absolute atomic E-state index is 13.8. The average Bonchev–Trinajstić information content (AvgIpc) is 2.92. The number of hydrogen-bond donors (Lipinski definition) is 3. The summed E-state index contributed by atoms with van der Waals surface area (Å²) in [5.74, 6) is -0.202. The molecule has 0 saturated carbocycles. The van der Waals surface area contributed by atoms with E-state index in [9.17, 15) is 9.18 Å². The Hall–Kier alpha value is -2.08. The van der Waals surface area contributed by atoms with Gasteiger partial charge in [-0.05, 0) is 24.1 Å². The van der Waals surface area contributed by atoms with Crippen LogP contribution in [0.5, 0.6) is 0 Å². The molecule has 0 unspecified atom stereocenters. The van der Waals surface area contributed by atoms with Crippen LogP contribution in [0.3, 0.4) is 0 Å². The maximum atomic E-state index is 13.8. The molecule has 1 aromatic rings. The molecule has 0 aromatic heterocycles. The van der Waals surface area contributed by atoms with Crippen molar-refractivity contribution in [1.29, 1.82) is 0 Å². The molecule has 2 rings (SSSR count). The lowest BCUT2D eigenvalue weighted by molar-refractivity contribution is 0.231. The Morgan fingerprint density at radius 1 is 1.41 bits per heavy atom. The van der Waals surface area contributed by atoms with Crippen molar-refractivity contribution in [3.63, 3.8) is 0 Å². The van der Waals surface area contributed by atoms with Crippen LogP contribution in [-0.4, -0.2) is 37.9 Å². The Kier molecular flexibility index (Phi) is 5.38. The molecule has 0 bridgehead atoms. The summed E-state index contributed by atoms with van der Waals surface area (Å²) >= 11 is 0. The molecule has 0 saturated heterocycles. The van der Waals surface area contributed by atoms with Gasteiger partial charge < -0.3 is 20.6 Å². The van der Waals surface area contributed by atoms with Gasteiger partial charge in [-0.15, -0.1) is 0 Å². The van der Waals surface area contributed by atoms with E-state index < -0.39 is 0 Å². The van der Waals surface area contributed by atoms with Crippen LogP contribution in [-0.2, 0) is 6.54 Å². The SMILES string of the molecule is CN(C)c1ccc(CNC(=O)N[C@@H]2C=C[C@H](CO)C2)cc1F. The molecular formula is C16H22FN3O2. The number of halogens is 1. The summed E-state index contributed by atoms with van der Waals surface area (Å²) in [5, 5.41) is 14.6. The van der Waals surface area contributed by atoms with E-state index in [0.29, 0.717) is 17.7 Å². The molecule has 120 valence electrons. The van der Waals surface area contributed by atoms with Crippen LogP contribution in [0.15, 0.2) is 30.4 Å². The first-order valence-electron chi connectivity index (χ1n) is 7.29. The summed E-state index contributed by atoms with van der Waals surface area (Å²) in [6.45, 7) is 0.351. The number of amides is 2.